The molecular weight excluding hydrogens is 325 g/mol. The van der Waals surface area contributed by atoms with Crippen LogP contribution in [0, 0.1) is 5.92 Å². The second-order valence-electron chi connectivity index (χ2n) is 5.49. The zero-order valence-electron chi connectivity index (χ0n) is 13.9. The number of alkyl carbamates (subject to hydrolysis) is 1. The highest BCUT2D eigenvalue weighted by molar-refractivity contribution is 7.37. The topological polar surface area (TPSA) is 122 Å². The van der Waals surface area contributed by atoms with E-state index in [1.54, 1.807) is 0 Å². The van der Waals surface area contributed by atoms with Gasteiger partial charge in [-0.15, -0.1) is 0 Å². The Hall–Kier alpha value is -1.11. The molecule has 0 saturated heterocycles. The minimum absolute atomic E-state index is 0.164. The monoisotopic (exact) mass is 353 g/mol. The zero-order chi connectivity index (χ0) is 17.8. The molecule has 23 heavy (non-hydrogen) atoms. The molecule has 0 rings (SSSR count). The number of hydrogen-bond acceptors (Lipinski definition) is 6. The number of esters is 1. The summed E-state index contributed by atoms with van der Waals surface area (Å²) in [5, 5.41) is 11.9. The molecule has 0 spiro atoms. The Balaban J connectivity index is 3.92. The average molecular weight is 353 g/mol. The number of carbonyl (C=O) groups is 2. The van der Waals surface area contributed by atoms with E-state index < -0.39 is 32.6 Å². The van der Waals surface area contributed by atoms with Crippen LogP contribution in [0.4, 0.5) is 4.79 Å². The van der Waals surface area contributed by atoms with Crippen LogP contribution in [0.2, 0.25) is 0 Å². The minimum Gasteiger partial charge on any atom is -0.425 e. The van der Waals surface area contributed by atoms with E-state index in [0.29, 0.717) is 25.7 Å². The van der Waals surface area contributed by atoms with Gasteiger partial charge in [0.15, 0.2) is 8.03 Å². The Morgan fingerprint density at radius 3 is 2.39 bits per heavy atom. The molecule has 0 radical (unpaired) electrons. The van der Waals surface area contributed by atoms with Crippen molar-refractivity contribution in [1.82, 2.24) is 5.32 Å². The van der Waals surface area contributed by atoms with Gasteiger partial charge in [-0.1, -0.05) is 13.8 Å². The highest BCUT2D eigenvalue weighted by atomic mass is 31.1. The fourth-order valence-corrected chi connectivity index (χ4v) is 2.56. The van der Waals surface area contributed by atoms with Crippen molar-refractivity contribution < 1.29 is 33.6 Å². The van der Waals surface area contributed by atoms with Crippen molar-refractivity contribution in [2.24, 2.45) is 5.92 Å². The summed E-state index contributed by atoms with van der Waals surface area (Å²) in [6.07, 6.45) is -0.354. The van der Waals surface area contributed by atoms with Gasteiger partial charge in [-0.3, -0.25) is 14.7 Å². The summed E-state index contributed by atoms with van der Waals surface area (Å²) in [5.74, 6) is -0.289. The first-order valence-electron chi connectivity index (χ1n) is 7.81. The molecule has 0 fully saturated rings. The highest BCUT2D eigenvalue weighted by Crippen LogP contribution is 2.20. The number of ether oxygens (including phenoxy) is 2. The van der Waals surface area contributed by atoms with E-state index >= 15 is 0 Å². The van der Waals surface area contributed by atoms with Gasteiger partial charge in [0.25, 0.3) is 0 Å². The summed E-state index contributed by atoms with van der Waals surface area (Å²) in [7, 11) is -2.46. The standard InChI is InChI=1S/C14H28NO7P/c1-4-5-13(17)21-11(3)22-14(18)15-12(16)7-6-10(2)8-9-23(19)20/h10-12,16,23H,4-9H2,1-3H3,(H,15,18)(H,19,20). The van der Waals surface area contributed by atoms with Gasteiger partial charge < -0.3 is 19.5 Å². The van der Waals surface area contributed by atoms with Crippen LogP contribution in [0.1, 0.15) is 52.9 Å². The van der Waals surface area contributed by atoms with Crippen LogP contribution in [0.15, 0.2) is 0 Å². The van der Waals surface area contributed by atoms with Gasteiger partial charge in [-0.05, 0) is 31.6 Å². The molecule has 0 heterocycles. The molecule has 3 N–H and O–H groups in total. The maximum absolute atomic E-state index is 11.5. The smallest absolute Gasteiger partial charge is 0.412 e. The summed E-state index contributed by atoms with van der Waals surface area (Å²) in [5.41, 5.74) is 0. The molecule has 4 atom stereocenters. The molecule has 0 aromatic carbocycles. The average Bonchev–Trinajstić information content (AvgIpc) is 2.42. The number of amides is 1. The maximum Gasteiger partial charge on any atom is 0.412 e. The van der Waals surface area contributed by atoms with E-state index in [4.69, 9.17) is 14.4 Å². The third-order valence-electron chi connectivity index (χ3n) is 3.09. The predicted octanol–water partition coefficient (Wildman–Crippen LogP) is 1.99. The van der Waals surface area contributed by atoms with Crippen molar-refractivity contribution in [3.63, 3.8) is 0 Å². The van der Waals surface area contributed by atoms with Crippen LogP contribution in [-0.4, -0.2) is 40.7 Å². The third-order valence-corrected chi connectivity index (χ3v) is 3.81. The molecule has 8 nitrogen and oxygen atoms in total. The SMILES string of the molecule is CCCC(=O)OC(C)OC(=O)NC(O)CCC(C)CC[PH](=O)O. The molecule has 136 valence electrons. The number of carbonyl (C=O) groups excluding carboxylic acids is 2. The van der Waals surface area contributed by atoms with E-state index in [9.17, 15) is 19.3 Å². The van der Waals surface area contributed by atoms with Gasteiger partial charge in [0.1, 0.15) is 6.23 Å². The quantitative estimate of drug-likeness (QED) is 0.295. The van der Waals surface area contributed by atoms with Crippen molar-refractivity contribution in [3.05, 3.63) is 0 Å². The summed E-state index contributed by atoms with van der Waals surface area (Å²) >= 11 is 0. The van der Waals surface area contributed by atoms with E-state index in [0.717, 1.165) is 0 Å². The lowest BCUT2D eigenvalue weighted by Crippen LogP contribution is -2.37. The van der Waals surface area contributed by atoms with Gasteiger partial charge in [0.05, 0.1) is 0 Å². The first-order valence-corrected chi connectivity index (χ1v) is 9.37. The molecule has 0 aliphatic rings. The fraction of sp³-hybridized carbons (Fsp3) is 0.857. The van der Waals surface area contributed by atoms with E-state index in [2.05, 4.69) is 5.32 Å². The number of hydrogen-bond donors (Lipinski definition) is 3. The zero-order valence-corrected chi connectivity index (χ0v) is 14.9. The predicted molar refractivity (Wildman–Crippen MR) is 85.2 cm³/mol. The number of nitrogens with one attached hydrogen (secondary N) is 1. The van der Waals surface area contributed by atoms with Gasteiger partial charge in [-0.2, -0.15) is 0 Å². The second kappa shape index (κ2) is 12.3. The largest absolute Gasteiger partial charge is 0.425 e. The molecule has 4 unspecified atom stereocenters. The number of aliphatic hydroxyl groups excluding tert-OH is 1. The Morgan fingerprint density at radius 1 is 1.17 bits per heavy atom. The molecule has 0 aromatic heterocycles. The Morgan fingerprint density at radius 2 is 1.83 bits per heavy atom. The Labute approximate surface area is 137 Å². The maximum atomic E-state index is 11.5. The molecular formula is C14H28NO7P. The van der Waals surface area contributed by atoms with Crippen molar-refractivity contribution in [2.75, 3.05) is 6.16 Å². The molecule has 0 aliphatic heterocycles. The molecule has 0 saturated carbocycles. The van der Waals surface area contributed by atoms with Gasteiger partial charge in [0, 0.05) is 19.5 Å². The van der Waals surface area contributed by atoms with Gasteiger partial charge in [0.2, 0.25) is 6.29 Å². The van der Waals surface area contributed by atoms with Crippen LogP contribution in [-0.2, 0) is 18.8 Å². The van der Waals surface area contributed by atoms with E-state index in [1.807, 2.05) is 13.8 Å². The molecule has 0 aliphatic carbocycles. The summed E-state index contributed by atoms with van der Waals surface area (Å²) in [6.45, 7) is 5.15. The van der Waals surface area contributed by atoms with Gasteiger partial charge >= 0.3 is 12.1 Å². The van der Waals surface area contributed by atoms with Crippen LogP contribution in [0.5, 0.6) is 0 Å². The summed E-state index contributed by atoms with van der Waals surface area (Å²) in [6, 6.07) is 0. The van der Waals surface area contributed by atoms with E-state index in [1.165, 1.54) is 6.92 Å². The summed E-state index contributed by atoms with van der Waals surface area (Å²) in [4.78, 5) is 31.5. The van der Waals surface area contributed by atoms with Crippen LogP contribution < -0.4 is 5.32 Å². The Bertz CT molecular complexity index is 391. The highest BCUT2D eigenvalue weighted by Gasteiger charge is 2.16. The van der Waals surface area contributed by atoms with Crippen molar-refractivity contribution in [1.29, 1.82) is 0 Å². The third kappa shape index (κ3) is 13.1. The van der Waals surface area contributed by atoms with E-state index in [-0.39, 0.29) is 18.5 Å². The second-order valence-corrected chi connectivity index (χ2v) is 6.78. The number of rotatable bonds is 11. The normalized spacial score (nSPS) is 16.0. The first-order chi connectivity index (χ1) is 10.7. The van der Waals surface area contributed by atoms with Crippen molar-refractivity contribution in [3.8, 4) is 0 Å². The Kier molecular flexibility index (Phi) is 11.7. The van der Waals surface area contributed by atoms with Gasteiger partial charge in [-0.25, -0.2) is 4.79 Å². The summed E-state index contributed by atoms with van der Waals surface area (Å²) < 4.78 is 20.3. The first kappa shape index (κ1) is 21.9. The number of aliphatic hydroxyl groups is 1. The lowest BCUT2D eigenvalue weighted by Gasteiger charge is -2.18. The molecule has 1 amide bonds. The lowest BCUT2D eigenvalue weighted by molar-refractivity contribution is -0.165. The minimum atomic E-state index is -2.46. The van der Waals surface area contributed by atoms with Crippen LogP contribution in [0.25, 0.3) is 0 Å². The van der Waals surface area contributed by atoms with Crippen LogP contribution >= 0.6 is 8.03 Å². The van der Waals surface area contributed by atoms with Crippen LogP contribution in [0.3, 0.4) is 0 Å². The molecule has 0 bridgehead atoms. The van der Waals surface area contributed by atoms with Crippen molar-refractivity contribution in [2.45, 2.75) is 65.4 Å². The van der Waals surface area contributed by atoms with Crippen molar-refractivity contribution >= 4 is 20.1 Å². The molecule has 9 heteroatoms. The molecule has 0 aromatic rings. The fourth-order valence-electron chi connectivity index (χ4n) is 1.82. The lowest BCUT2D eigenvalue weighted by atomic mass is 10.0.